The minimum Gasteiger partial charge on any atom is -0.497 e. The van der Waals surface area contributed by atoms with Crippen LogP contribution in [-0.4, -0.2) is 33.5 Å². The summed E-state index contributed by atoms with van der Waals surface area (Å²) in [5.41, 5.74) is 2.03. The highest BCUT2D eigenvalue weighted by Crippen LogP contribution is 2.27. The number of ether oxygens (including phenoxy) is 2. The number of hydrogen-bond donors (Lipinski definition) is 1. The molecule has 1 aromatic heterocycles. The summed E-state index contributed by atoms with van der Waals surface area (Å²) in [5, 5.41) is 12.2. The average molecular weight is 455 g/mol. The summed E-state index contributed by atoms with van der Waals surface area (Å²) in [7, 11) is 1.62. The second kappa shape index (κ2) is 11.0. The zero-order chi connectivity index (χ0) is 23.1. The summed E-state index contributed by atoms with van der Waals surface area (Å²) in [6.45, 7) is 8.91. The van der Waals surface area contributed by atoms with Gasteiger partial charge in [0, 0.05) is 18.3 Å². The van der Waals surface area contributed by atoms with E-state index in [1.807, 2.05) is 66.9 Å². The van der Waals surface area contributed by atoms with E-state index in [1.165, 1.54) is 17.3 Å². The molecule has 0 aliphatic carbocycles. The Hall–Kier alpha value is -3.00. The van der Waals surface area contributed by atoms with E-state index in [-0.39, 0.29) is 17.8 Å². The van der Waals surface area contributed by atoms with Crippen molar-refractivity contribution in [3.05, 3.63) is 59.9 Å². The van der Waals surface area contributed by atoms with E-state index in [2.05, 4.69) is 29.4 Å². The number of anilines is 1. The second-order valence-corrected chi connectivity index (χ2v) is 8.58. The Balaban J connectivity index is 1.60. The molecule has 0 aliphatic heterocycles. The molecule has 0 bridgehead atoms. The van der Waals surface area contributed by atoms with Crippen molar-refractivity contribution in [2.24, 2.45) is 0 Å². The van der Waals surface area contributed by atoms with Crippen LogP contribution in [0.15, 0.2) is 53.7 Å². The van der Waals surface area contributed by atoms with Gasteiger partial charge in [0.25, 0.3) is 0 Å². The van der Waals surface area contributed by atoms with Crippen molar-refractivity contribution in [1.29, 1.82) is 0 Å². The predicted octanol–water partition coefficient (Wildman–Crippen LogP) is 5.30. The Labute approximate surface area is 193 Å². The molecule has 32 heavy (non-hydrogen) atoms. The normalized spacial score (nSPS) is 11.9. The number of carbonyl (C=O) groups excluding carboxylic acids is 1. The summed E-state index contributed by atoms with van der Waals surface area (Å²) >= 11 is 1.36. The molecule has 0 aliphatic rings. The minimum atomic E-state index is -0.308. The lowest BCUT2D eigenvalue weighted by Crippen LogP contribution is -2.15. The van der Waals surface area contributed by atoms with Crippen molar-refractivity contribution < 1.29 is 14.3 Å². The van der Waals surface area contributed by atoms with Gasteiger partial charge in [0.15, 0.2) is 17.1 Å². The van der Waals surface area contributed by atoms with Crippen LogP contribution in [0.5, 0.6) is 11.5 Å². The van der Waals surface area contributed by atoms with Crippen LogP contribution < -0.4 is 14.8 Å². The smallest absolute Gasteiger partial charge is 0.234 e. The van der Waals surface area contributed by atoms with E-state index in [4.69, 9.17) is 9.47 Å². The fraction of sp³-hybridized carbons (Fsp3) is 0.375. The van der Waals surface area contributed by atoms with Crippen LogP contribution in [0, 0.1) is 0 Å². The number of nitrogens with one attached hydrogen (secondary N) is 1. The molecule has 2 aromatic carbocycles. The molecule has 0 fully saturated rings. The number of rotatable bonds is 10. The highest BCUT2D eigenvalue weighted by molar-refractivity contribution is 7.99. The molecule has 1 atom stereocenters. The van der Waals surface area contributed by atoms with Gasteiger partial charge >= 0.3 is 0 Å². The van der Waals surface area contributed by atoms with Gasteiger partial charge in [-0.15, -0.1) is 10.2 Å². The van der Waals surface area contributed by atoms with Crippen LogP contribution in [0.25, 0.3) is 0 Å². The van der Waals surface area contributed by atoms with Gasteiger partial charge in [-0.2, -0.15) is 0 Å². The summed E-state index contributed by atoms with van der Waals surface area (Å²) in [6, 6.07) is 15.4. The highest BCUT2D eigenvalue weighted by atomic mass is 32.2. The van der Waals surface area contributed by atoms with Crippen molar-refractivity contribution >= 4 is 23.4 Å². The first kappa shape index (κ1) is 23.7. The van der Waals surface area contributed by atoms with Crippen LogP contribution in [0.2, 0.25) is 0 Å². The van der Waals surface area contributed by atoms with Crippen LogP contribution >= 0.6 is 11.8 Å². The maximum atomic E-state index is 12.4. The van der Waals surface area contributed by atoms with E-state index >= 15 is 0 Å². The number of thioether (sulfide) groups is 1. The van der Waals surface area contributed by atoms with Crippen LogP contribution in [0.4, 0.5) is 5.69 Å². The first-order valence-corrected chi connectivity index (χ1v) is 11.7. The fourth-order valence-corrected chi connectivity index (χ4v) is 4.02. The lowest BCUT2D eigenvalue weighted by molar-refractivity contribution is -0.113. The molecule has 0 saturated carbocycles. The van der Waals surface area contributed by atoms with E-state index in [0.29, 0.717) is 29.2 Å². The fourth-order valence-electron chi connectivity index (χ4n) is 3.21. The zero-order valence-corrected chi connectivity index (χ0v) is 20.0. The molecule has 8 heteroatoms. The molecular weight excluding hydrogens is 424 g/mol. The van der Waals surface area contributed by atoms with Gasteiger partial charge in [0.2, 0.25) is 5.91 Å². The molecule has 1 heterocycles. The van der Waals surface area contributed by atoms with Gasteiger partial charge in [-0.1, -0.05) is 43.8 Å². The lowest BCUT2D eigenvalue weighted by Gasteiger charge is -2.16. The van der Waals surface area contributed by atoms with Gasteiger partial charge in [-0.3, -0.25) is 4.79 Å². The summed E-state index contributed by atoms with van der Waals surface area (Å²) in [5.74, 6) is 2.75. The SMILES string of the molecule is CCn1c(SCC(=O)Nc2ccc(C(C)C)cc2)nnc1C(C)Oc1cccc(OC)c1. The largest absolute Gasteiger partial charge is 0.497 e. The molecule has 0 radical (unpaired) electrons. The maximum Gasteiger partial charge on any atom is 0.234 e. The van der Waals surface area contributed by atoms with Crippen LogP contribution in [0.1, 0.15) is 51.1 Å². The number of methoxy groups -OCH3 is 1. The Morgan fingerprint density at radius 1 is 1.09 bits per heavy atom. The number of nitrogens with zero attached hydrogens (tertiary/aromatic N) is 3. The molecule has 1 N–H and O–H groups in total. The average Bonchev–Trinajstić information content (AvgIpc) is 3.21. The van der Waals surface area contributed by atoms with E-state index < -0.39 is 0 Å². The van der Waals surface area contributed by atoms with Gasteiger partial charge in [-0.05, 0) is 49.6 Å². The molecule has 0 spiro atoms. The number of hydrogen-bond acceptors (Lipinski definition) is 6. The first-order valence-electron chi connectivity index (χ1n) is 10.7. The zero-order valence-electron chi connectivity index (χ0n) is 19.2. The Bertz CT molecular complexity index is 1030. The first-order chi connectivity index (χ1) is 15.4. The number of carbonyl (C=O) groups is 1. The standard InChI is InChI=1S/C24H30N4O3S/c1-6-28-23(17(4)31-21-9-7-8-20(14-21)30-5)26-27-24(28)32-15-22(29)25-19-12-10-18(11-13-19)16(2)3/h7-14,16-17H,6,15H2,1-5H3,(H,25,29). The van der Waals surface area contributed by atoms with Gasteiger partial charge < -0.3 is 19.4 Å². The van der Waals surface area contributed by atoms with Crippen molar-refractivity contribution in [3.8, 4) is 11.5 Å². The predicted molar refractivity (Wildman–Crippen MR) is 128 cm³/mol. The molecular formula is C24H30N4O3S. The van der Waals surface area contributed by atoms with Crippen LogP contribution in [0.3, 0.4) is 0 Å². The Morgan fingerprint density at radius 3 is 2.47 bits per heavy atom. The molecule has 7 nitrogen and oxygen atoms in total. The van der Waals surface area contributed by atoms with E-state index in [0.717, 1.165) is 11.4 Å². The third-order valence-electron chi connectivity index (χ3n) is 4.97. The van der Waals surface area contributed by atoms with Gasteiger partial charge in [0.05, 0.1) is 12.9 Å². The van der Waals surface area contributed by atoms with Crippen LogP contribution in [-0.2, 0) is 11.3 Å². The number of benzene rings is 2. The summed E-state index contributed by atoms with van der Waals surface area (Å²) in [4.78, 5) is 12.4. The lowest BCUT2D eigenvalue weighted by atomic mass is 10.0. The highest BCUT2D eigenvalue weighted by Gasteiger charge is 2.19. The third-order valence-corrected chi connectivity index (χ3v) is 5.94. The molecule has 1 unspecified atom stereocenters. The van der Waals surface area contributed by atoms with Crippen molar-refractivity contribution in [2.75, 3.05) is 18.2 Å². The number of amides is 1. The molecule has 1 amide bonds. The monoisotopic (exact) mass is 454 g/mol. The quantitative estimate of drug-likeness (QED) is 0.419. The van der Waals surface area contributed by atoms with E-state index in [1.54, 1.807) is 7.11 Å². The molecule has 0 saturated heterocycles. The van der Waals surface area contributed by atoms with Crippen molar-refractivity contribution in [3.63, 3.8) is 0 Å². The van der Waals surface area contributed by atoms with Crippen molar-refractivity contribution in [2.45, 2.75) is 51.4 Å². The van der Waals surface area contributed by atoms with Gasteiger partial charge in [-0.25, -0.2) is 0 Å². The number of aromatic nitrogens is 3. The maximum absolute atomic E-state index is 12.4. The third kappa shape index (κ3) is 6.03. The Morgan fingerprint density at radius 2 is 1.81 bits per heavy atom. The summed E-state index contributed by atoms with van der Waals surface area (Å²) in [6.07, 6.45) is -0.308. The summed E-state index contributed by atoms with van der Waals surface area (Å²) < 4.78 is 13.3. The van der Waals surface area contributed by atoms with E-state index in [9.17, 15) is 4.79 Å². The molecule has 3 rings (SSSR count). The second-order valence-electron chi connectivity index (χ2n) is 7.64. The molecule has 170 valence electrons. The Kier molecular flexibility index (Phi) is 8.16. The molecule has 3 aromatic rings. The van der Waals surface area contributed by atoms with Crippen molar-refractivity contribution in [1.82, 2.24) is 14.8 Å². The minimum absolute atomic E-state index is 0.0832. The van der Waals surface area contributed by atoms with Gasteiger partial charge in [0.1, 0.15) is 11.5 Å². The topological polar surface area (TPSA) is 78.3 Å².